The van der Waals surface area contributed by atoms with E-state index >= 15 is 0 Å². The van der Waals surface area contributed by atoms with Gasteiger partial charge in [-0.3, -0.25) is 4.79 Å². The maximum absolute atomic E-state index is 12.1. The summed E-state index contributed by atoms with van der Waals surface area (Å²) in [6, 6.07) is 7.61. The fourth-order valence-corrected chi connectivity index (χ4v) is 2.69. The number of methoxy groups -OCH3 is 1. The molecule has 28 heavy (non-hydrogen) atoms. The monoisotopic (exact) mass is 390 g/mol. The van der Waals surface area contributed by atoms with Crippen molar-refractivity contribution in [1.29, 1.82) is 0 Å². The molecule has 1 aromatic carbocycles. The summed E-state index contributed by atoms with van der Waals surface area (Å²) in [5, 5.41) is 9.55. The molecule has 0 saturated carbocycles. The molecule has 1 amide bonds. The lowest BCUT2D eigenvalue weighted by atomic mass is 9.89. The van der Waals surface area contributed by atoms with Gasteiger partial charge in [-0.2, -0.15) is 0 Å². The molecule has 3 N–H and O–H groups in total. The number of nitrogens with zero attached hydrogens (tertiary/aromatic N) is 1. The summed E-state index contributed by atoms with van der Waals surface area (Å²) in [4.78, 5) is 16.7. The van der Waals surface area contributed by atoms with Gasteiger partial charge in [0.05, 0.1) is 12.6 Å². The lowest BCUT2D eigenvalue weighted by Gasteiger charge is -2.30. The third-order valence-corrected chi connectivity index (χ3v) is 4.50. The number of carbonyl (C=O) groups excluding carboxylic acids is 1. The predicted octanol–water partition coefficient (Wildman–Crippen LogP) is 3.33. The third-order valence-electron chi connectivity index (χ3n) is 4.50. The molecule has 1 atom stereocenters. The molecule has 0 heterocycles. The Morgan fingerprint density at radius 1 is 1.11 bits per heavy atom. The Morgan fingerprint density at radius 3 is 2.32 bits per heavy atom. The Balaban J connectivity index is 2.65. The Morgan fingerprint density at radius 2 is 1.79 bits per heavy atom. The van der Waals surface area contributed by atoms with Gasteiger partial charge in [0.2, 0.25) is 0 Å². The second-order valence-corrected chi connectivity index (χ2v) is 7.97. The van der Waals surface area contributed by atoms with Crippen molar-refractivity contribution in [1.82, 2.24) is 16.0 Å². The van der Waals surface area contributed by atoms with Crippen molar-refractivity contribution in [3.05, 3.63) is 35.4 Å². The Kier molecular flexibility index (Phi) is 10.6. The number of carbonyl (C=O) groups is 1. The molecule has 0 saturated heterocycles. The molecule has 0 fully saturated rings. The smallest absolute Gasteiger partial charge is 0.251 e. The van der Waals surface area contributed by atoms with Crippen LogP contribution in [-0.4, -0.2) is 44.7 Å². The van der Waals surface area contributed by atoms with Crippen molar-refractivity contribution >= 4 is 11.9 Å². The van der Waals surface area contributed by atoms with Gasteiger partial charge in [0.15, 0.2) is 5.96 Å². The van der Waals surface area contributed by atoms with Crippen LogP contribution in [-0.2, 0) is 11.3 Å². The molecule has 1 aromatic rings. The minimum Gasteiger partial charge on any atom is -0.379 e. The van der Waals surface area contributed by atoms with E-state index in [0.717, 1.165) is 37.5 Å². The molecule has 1 unspecified atom stereocenters. The zero-order valence-corrected chi connectivity index (χ0v) is 18.4. The zero-order valence-electron chi connectivity index (χ0n) is 18.4. The Bertz CT molecular complexity index is 606. The molecule has 0 radical (unpaired) electrons. The molecule has 6 heteroatoms. The summed E-state index contributed by atoms with van der Waals surface area (Å²) >= 11 is 0. The fourth-order valence-electron chi connectivity index (χ4n) is 2.69. The van der Waals surface area contributed by atoms with Crippen molar-refractivity contribution in [2.45, 2.75) is 60.1 Å². The van der Waals surface area contributed by atoms with Gasteiger partial charge in [-0.1, -0.05) is 46.2 Å². The summed E-state index contributed by atoms with van der Waals surface area (Å²) < 4.78 is 5.59. The highest BCUT2D eigenvalue weighted by Gasteiger charge is 2.24. The summed E-state index contributed by atoms with van der Waals surface area (Å²) in [6.07, 6.45) is 2.15. The molecule has 0 aliphatic rings. The van der Waals surface area contributed by atoms with Crippen LogP contribution in [0.4, 0.5) is 0 Å². The third kappa shape index (κ3) is 8.74. The first-order chi connectivity index (χ1) is 13.3. The van der Waals surface area contributed by atoms with Crippen LogP contribution >= 0.6 is 0 Å². The van der Waals surface area contributed by atoms with E-state index in [-0.39, 0.29) is 17.4 Å². The molecule has 158 valence electrons. The summed E-state index contributed by atoms with van der Waals surface area (Å²) in [5.74, 6) is 0.737. The van der Waals surface area contributed by atoms with Gasteiger partial charge in [-0.25, -0.2) is 4.99 Å². The average Bonchev–Trinajstić information content (AvgIpc) is 2.66. The first kappa shape index (κ1) is 24.0. The fraction of sp³-hybridized carbons (Fsp3) is 0.636. The Hall–Kier alpha value is -2.08. The molecule has 0 aliphatic heterocycles. The second kappa shape index (κ2) is 12.4. The number of amides is 1. The largest absolute Gasteiger partial charge is 0.379 e. The minimum absolute atomic E-state index is 0.0219. The van der Waals surface area contributed by atoms with Crippen LogP contribution in [0.1, 0.15) is 63.4 Å². The number of aliphatic imine (C=N–C) groups is 1. The van der Waals surface area contributed by atoms with E-state index in [9.17, 15) is 4.79 Å². The SMILES string of the molecule is CCCCNC(=O)c1ccc(CN=C(NCC)NCC(OC)C(C)(C)C)cc1. The Labute approximate surface area is 170 Å². The van der Waals surface area contributed by atoms with Crippen LogP contribution < -0.4 is 16.0 Å². The number of rotatable bonds is 10. The maximum Gasteiger partial charge on any atom is 0.251 e. The quantitative estimate of drug-likeness (QED) is 0.325. The maximum atomic E-state index is 12.1. The number of hydrogen-bond donors (Lipinski definition) is 3. The second-order valence-electron chi connectivity index (χ2n) is 7.97. The topological polar surface area (TPSA) is 74.8 Å². The highest BCUT2D eigenvalue weighted by atomic mass is 16.5. The molecular formula is C22H38N4O2. The molecule has 0 bridgehead atoms. The van der Waals surface area contributed by atoms with Crippen molar-refractivity contribution in [3.8, 4) is 0 Å². The van der Waals surface area contributed by atoms with Crippen molar-refractivity contribution in [2.75, 3.05) is 26.7 Å². The predicted molar refractivity (Wildman–Crippen MR) is 117 cm³/mol. The number of benzene rings is 1. The first-order valence-corrected chi connectivity index (χ1v) is 10.2. The van der Waals surface area contributed by atoms with E-state index in [1.54, 1.807) is 7.11 Å². The van der Waals surface area contributed by atoms with Gasteiger partial charge in [-0.15, -0.1) is 0 Å². The van der Waals surface area contributed by atoms with Crippen LogP contribution in [0.5, 0.6) is 0 Å². The minimum atomic E-state index is -0.0219. The van der Waals surface area contributed by atoms with Gasteiger partial charge in [-0.05, 0) is 36.5 Å². The van der Waals surface area contributed by atoms with Crippen LogP contribution in [0, 0.1) is 5.41 Å². The highest BCUT2D eigenvalue weighted by Crippen LogP contribution is 2.20. The summed E-state index contributed by atoms with van der Waals surface area (Å²) in [7, 11) is 1.74. The highest BCUT2D eigenvalue weighted by molar-refractivity contribution is 5.94. The first-order valence-electron chi connectivity index (χ1n) is 10.2. The van der Waals surface area contributed by atoms with E-state index in [2.05, 4.69) is 48.6 Å². The summed E-state index contributed by atoms with van der Waals surface area (Å²) in [6.45, 7) is 13.4. The normalized spacial score (nSPS) is 13.1. The molecule has 0 aliphatic carbocycles. The summed E-state index contributed by atoms with van der Waals surface area (Å²) in [5.41, 5.74) is 1.79. The van der Waals surface area contributed by atoms with E-state index in [1.807, 2.05) is 31.2 Å². The van der Waals surface area contributed by atoms with Gasteiger partial charge in [0.1, 0.15) is 0 Å². The van der Waals surface area contributed by atoms with Crippen LogP contribution in [0.3, 0.4) is 0 Å². The van der Waals surface area contributed by atoms with E-state index in [1.165, 1.54) is 0 Å². The van der Waals surface area contributed by atoms with E-state index in [0.29, 0.717) is 18.7 Å². The van der Waals surface area contributed by atoms with Crippen LogP contribution in [0.2, 0.25) is 0 Å². The number of guanidine groups is 1. The van der Waals surface area contributed by atoms with Gasteiger partial charge < -0.3 is 20.7 Å². The molecule has 0 spiro atoms. The molecule has 6 nitrogen and oxygen atoms in total. The lowest BCUT2D eigenvalue weighted by molar-refractivity contribution is 0.0205. The number of nitrogens with one attached hydrogen (secondary N) is 3. The average molecular weight is 391 g/mol. The van der Waals surface area contributed by atoms with Crippen molar-refractivity contribution in [2.24, 2.45) is 10.4 Å². The van der Waals surface area contributed by atoms with Crippen LogP contribution in [0.25, 0.3) is 0 Å². The van der Waals surface area contributed by atoms with Crippen molar-refractivity contribution in [3.63, 3.8) is 0 Å². The van der Waals surface area contributed by atoms with Crippen LogP contribution in [0.15, 0.2) is 29.3 Å². The lowest BCUT2D eigenvalue weighted by Crippen LogP contribution is -2.45. The zero-order chi connectivity index (χ0) is 21.0. The number of ether oxygens (including phenoxy) is 1. The molecule has 0 aromatic heterocycles. The van der Waals surface area contributed by atoms with Gasteiger partial charge in [0, 0.05) is 32.3 Å². The van der Waals surface area contributed by atoms with Crippen molar-refractivity contribution < 1.29 is 9.53 Å². The molecular weight excluding hydrogens is 352 g/mol. The molecule has 1 rings (SSSR count). The standard InChI is InChI=1S/C22H38N4O2/c1-7-9-14-24-20(27)18-12-10-17(11-13-18)15-25-21(23-8-2)26-16-19(28-6)22(3,4)5/h10-13,19H,7-9,14-16H2,1-6H3,(H,24,27)(H2,23,25,26). The van der Waals surface area contributed by atoms with E-state index < -0.39 is 0 Å². The number of unbranched alkanes of at least 4 members (excludes halogenated alkanes) is 1. The van der Waals surface area contributed by atoms with Gasteiger partial charge >= 0.3 is 0 Å². The van der Waals surface area contributed by atoms with E-state index in [4.69, 9.17) is 4.74 Å². The number of hydrogen-bond acceptors (Lipinski definition) is 3. The van der Waals surface area contributed by atoms with Gasteiger partial charge in [0.25, 0.3) is 5.91 Å².